The Balaban J connectivity index is 1.79. The van der Waals surface area contributed by atoms with Crippen LogP contribution in [-0.2, 0) is 0 Å². The number of carbonyl (C=O) groups is 1. The van der Waals surface area contributed by atoms with Gasteiger partial charge in [-0.05, 0) is 53.8 Å². The number of allylic oxidation sites excluding steroid dienone is 2. The first-order valence-electron chi connectivity index (χ1n) is 7.86. The second kappa shape index (κ2) is 5.83. The number of benzene rings is 2. The normalized spacial score (nSPS) is 24.2. The topological polar surface area (TPSA) is 55.1 Å². The van der Waals surface area contributed by atoms with E-state index in [0.29, 0.717) is 21.5 Å². The first kappa shape index (κ1) is 15.6. The van der Waals surface area contributed by atoms with Gasteiger partial charge in [0.2, 0.25) is 5.91 Å². The van der Waals surface area contributed by atoms with Crippen LogP contribution in [0.25, 0.3) is 0 Å². The second-order valence-electron chi connectivity index (χ2n) is 6.31. The number of nitrogens with two attached hydrogens (primary N) is 1. The number of amides is 1. The van der Waals surface area contributed by atoms with E-state index in [2.05, 4.69) is 17.5 Å². The Bertz CT molecular complexity index is 862. The first-order chi connectivity index (χ1) is 11.5. The molecule has 0 saturated carbocycles. The van der Waals surface area contributed by atoms with Crippen LogP contribution >= 0.6 is 23.2 Å². The third-order valence-corrected chi connectivity index (χ3v) is 5.51. The standard InChI is InChI=1S/C19H16Cl2N2O/c20-11-5-6-14(16(21)9-11)18-13-3-1-2-12(13)15-8-10(19(22)24)4-7-17(15)23-18/h1-2,4-9,12-13,18,23H,3H2,(H2,22,24). The predicted molar refractivity (Wildman–Crippen MR) is 97.8 cm³/mol. The molecule has 3 nitrogen and oxygen atoms in total. The van der Waals surface area contributed by atoms with Gasteiger partial charge >= 0.3 is 0 Å². The number of rotatable bonds is 2. The SMILES string of the molecule is NC(=O)c1ccc2c(c1)C1C=CCC1C(c1ccc(Cl)cc1Cl)N2. The lowest BCUT2D eigenvalue weighted by molar-refractivity contribution is 0.1000. The Labute approximate surface area is 150 Å². The smallest absolute Gasteiger partial charge is 0.248 e. The molecule has 0 fully saturated rings. The molecule has 2 aromatic carbocycles. The molecule has 2 aliphatic rings. The van der Waals surface area contributed by atoms with Crippen LogP contribution in [0.2, 0.25) is 10.0 Å². The van der Waals surface area contributed by atoms with Crippen molar-refractivity contribution in [2.24, 2.45) is 11.7 Å². The Hall–Kier alpha value is -1.97. The van der Waals surface area contributed by atoms with Crippen molar-refractivity contribution in [3.63, 3.8) is 0 Å². The van der Waals surface area contributed by atoms with Crippen LogP contribution in [0.4, 0.5) is 5.69 Å². The molecule has 0 spiro atoms. The van der Waals surface area contributed by atoms with Crippen molar-refractivity contribution < 1.29 is 4.79 Å². The van der Waals surface area contributed by atoms with Crippen molar-refractivity contribution in [1.29, 1.82) is 0 Å². The molecule has 4 rings (SSSR count). The minimum atomic E-state index is -0.404. The summed E-state index contributed by atoms with van der Waals surface area (Å²) >= 11 is 12.5. The van der Waals surface area contributed by atoms with E-state index in [-0.39, 0.29) is 12.0 Å². The predicted octanol–water partition coefficient (Wildman–Crippen LogP) is 4.92. The molecule has 24 heavy (non-hydrogen) atoms. The number of hydrogen-bond donors (Lipinski definition) is 2. The fraction of sp³-hybridized carbons (Fsp3) is 0.211. The van der Waals surface area contributed by atoms with E-state index in [1.54, 1.807) is 12.1 Å². The molecule has 0 radical (unpaired) electrons. The molecule has 0 saturated heterocycles. The Morgan fingerprint density at radius 3 is 2.71 bits per heavy atom. The summed E-state index contributed by atoms with van der Waals surface area (Å²) in [5.74, 6) is 0.191. The highest BCUT2D eigenvalue weighted by Crippen LogP contribution is 2.51. The fourth-order valence-corrected chi connectivity index (χ4v) is 4.34. The average molecular weight is 359 g/mol. The Morgan fingerprint density at radius 1 is 1.12 bits per heavy atom. The summed E-state index contributed by atoms with van der Waals surface area (Å²) in [6, 6.07) is 11.3. The highest BCUT2D eigenvalue weighted by Gasteiger charge is 2.38. The Morgan fingerprint density at radius 2 is 1.96 bits per heavy atom. The number of fused-ring (bicyclic) bond motifs is 3. The maximum absolute atomic E-state index is 11.5. The third kappa shape index (κ3) is 2.48. The summed E-state index contributed by atoms with van der Waals surface area (Å²) in [6.07, 6.45) is 5.37. The van der Waals surface area contributed by atoms with Crippen LogP contribution in [0.15, 0.2) is 48.6 Å². The third-order valence-electron chi connectivity index (χ3n) is 4.94. The largest absolute Gasteiger partial charge is 0.378 e. The van der Waals surface area contributed by atoms with Gasteiger partial charge < -0.3 is 11.1 Å². The molecular formula is C19H16Cl2N2O. The molecule has 0 aromatic heterocycles. The minimum absolute atomic E-state index is 0.0988. The molecule has 0 bridgehead atoms. The number of primary amides is 1. The number of halogens is 2. The second-order valence-corrected chi connectivity index (χ2v) is 7.15. The van der Waals surface area contributed by atoms with Crippen LogP contribution in [0.3, 0.4) is 0 Å². The van der Waals surface area contributed by atoms with Crippen molar-refractivity contribution in [1.82, 2.24) is 0 Å². The van der Waals surface area contributed by atoms with Crippen LogP contribution in [0, 0.1) is 5.92 Å². The molecular weight excluding hydrogens is 343 g/mol. The van der Waals surface area contributed by atoms with E-state index in [1.165, 1.54) is 0 Å². The molecule has 5 heteroatoms. The summed E-state index contributed by atoms with van der Waals surface area (Å²) in [5, 5.41) is 4.89. The van der Waals surface area contributed by atoms with Gasteiger partial charge in [-0.25, -0.2) is 0 Å². The first-order valence-corrected chi connectivity index (χ1v) is 8.62. The van der Waals surface area contributed by atoms with Gasteiger partial charge in [-0.1, -0.05) is 41.4 Å². The number of carbonyl (C=O) groups excluding carboxylic acids is 1. The molecule has 1 aliphatic carbocycles. The zero-order chi connectivity index (χ0) is 16.8. The highest BCUT2D eigenvalue weighted by atomic mass is 35.5. The molecule has 1 aliphatic heterocycles. The lowest BCUT2D eigenvalue weighted by Gasteiger charge is -2.38. The molecule has 3 atom stereocenters. The maximum atomic E-state index is 11.5. The lowest BCUT2D eigenvalue weighted by Crippen LogP contribution is -2.29. The summed E-state index contributed by atoms with van der Waals surface area (Å²) < 4.78 is 0. The lowest BCUT2D eigenvalue weighted by atomic mass is 9.76. The van der Waals surface area contributed by atoms with E-state index in [0.717, 1.165) is 23.2 Å². The van der Waals surface area contributed by atoms with Gasteiger partial charge in [-0.2, -0.15) is 0 Å². The highest BCUT2D eigenvalue weighted by molar-refractivity contribution is 6.35. The van der Waals surface area contributed by atoms with Gasteiger partial charge in [0, 0.05) is 27.2 Å². The van der Waals surface area contributed by atoms with Gasteiger partial charge in [0.1, 0.15) is 0 Å². The van der Waals surface area contributed by atoms with Crippen LogP contribution < -0.4 is 11.1 Å². The fourth-order valence-electron chi connectivity index (χ4n) is 3.81. The van der Waals surface area contributed by atoms with Crippen LogP contribution in [-0.4, -0.2) is 5.91 Å². The van der Waals surface area contributed by atoms with Gasteiger partial charge in [0.25, 0.3) is 0 Å². The van der Waals surface area contributed by atoms with E-state index < -0.39 is 5.91 Å². The van der Waals surface area contributed by atoms with Crippen molar-refractivity contribution in [3.05, 3.63) is 75.3 Å². The van der Waals surface area contributed by atoms with Gasteiger partial charge in [0.05, 0.1) is 6.04 Å². The van der Waals surface area contributed by atoms with Crippen LogP contribution in [0.5, 0.6) is 0 Å². The Kier molecular flexibility index (Phi) is 3.78. The number of nitrogens with one attached hydrogen (secondary N) is 1. The quantitative estimate of drug-likeness (QED) is 0.748. The van der Waals surface area contributed by atoms with E-state index >= 15 is 0 Å². The summed E-state index contributed by atoms with van der Waals surface area (Å²) in [4.78, 5) is 11.5. The number of anilines is 1. The van der Waals surface area contributed by atoms with Crippen molar-refractivity contribution in [2.45, 2.75) is 18.4 Å². The molecule has 122 valence electrons. The molecule has 1 heterocycles. The van der Waals surface area contributed by atoms with Gasteiger partial charge in [0.15, 0.2) is 0 Å². The van der Waals surface area contributed by atoms with E-state index in [4.69, 9.17) is 28.9 Å². The molecule has 1 amide bonds. The number of hydrogen-bond acceptors (Lipinski definition) is 2. The average Bonchev–Trinajstić information content (AvgIpc) is 3.04. The molecule has 3 unspecified atom stereocenters. The monoisotopic (exact) mass is 358 g/mol. The van der Waals surface area contributed by atoms with Gasteiger partial charge in [-0.15, -0.1) is 0 Å². The van der Waals surface area contributed by atoms with Crippen molar-refractivity contribution in [2.75, 3.05) is 5.32 Å². The summed E-state index contributed by atoms with van der Waals surface area (Å²) in [5.41, 5.74) is 9.15. The van der Waals surface area contributed by atoms with Crippen LogP contribution in [0.1, 0.15) is 39.9 Å². The van der Waals surface area contributed by atoms with E-state index in [1.807, 2.05) is 24.3 Å². The molecule has 3 N–H and O–H groups in total. The van der Waals surface area contributed by atoms with Crippen molar-refractivity contribution in [3.8, 4) is 0 Å². The zero-order valence-corrected chi connectivity index (χ0v) is 14.3. The summed E-state index contributed by atoms with van der Waals surface area (Å²) in [6.45, 7) is 0. The van der Waals surface area contributed by atoms with Gasteiger partial charge in [-0.3, -0.25) is 4.79 Å². The maximum Gasteiger partial charge on any atom is 0.248 e. The summed E-state index contributed by atoms with van der Waals surface area (Å²) in [7, 11) is 0. The zero-order valence-electron chi connectivity index (χ0n) is 12.8. The minimum Gasteiger partial charge on any atom is -0.378 e. The molecule has 2 aromatic rings. The van der Waals surface area contributed by atoms with E-state index in [9.17, 15) is 4.79 Å². The van der Waals surface area contributed by atoms with Crippen molar-refractivity contribution >= 4 is 34.8 Å².